The summed E-state index contributed by atoms with van der Waals surface area (Å²) in [6, 6.07) is 11.9. The van der Waals surface area contributed by atoms with Gasteiger partial charge in [0.15, 0.2) is 0 Å². The van der Waals surface area contributed by atoms with Crippen LogP contribution in [0.2, 0.25) is 0 Å². The minimum atomic E-state index is -0.291. The molecular weight excluding hydrogens is 293 g/mol. The topological polar surface area (TPSA) is 38.3 Å². The quantitative estimate of drug-likeness (QED) is 0.876. The average Bonchev–Trinajstić information content (AvgIpc) is 2.55. The van der Waals surface area contributed by atoms with Crippen LogP contribution in [0.1, 0.15) is 29.2 Å². The van der Waals surface area contributed by atoms with Crippen LogP contribution in [0.5, 0.6) is 5.75 Å². The van der Waals surface area contributed by atoms with Gasteiger partial charge in [-0.3, -0.25) is 4.79 Å². The third-order valence-corrected chi connectivity index (χ3v) is 3.82. The summed E-state index contributed by atoms with van der Waals surface area (Å²) in [5.41, 5.74) is 2.93. The van der Waals surface area contributed by atoms with Gasteiger partial charge in [-0.15, -0.1) is 0 Å². The van der Waals surface area contributed by atoms with Gasteiger partial charge in [0, 0.05) is 18.1 Å². The van der Waals surface area contributed by atoms with Crippen molar-refractivity contribution in [2.24, 2.45) is 0 Å². The fourth-order valence-electron chi connectivity index (χ4n) is 2.63. The SMILES string of the molecule is Cc1ccc2c(c1)C(NC(=O)/C=C/c1ccc(F)cc1)CCO2. The number of halogens is 1. The number of benzene rings is 2. The lowest BCUT2D eigenvalue weighted by Gasteiger charge is -2.26. The Kier molecular flexibility index (Phi) is 4.42. The zero-order chi connectivity index (χ0) is 16.2. The molecule has 3 nitrogen and oxygen atoms in total. The summed E-state index contributed by atoms with van der Waals surface area (Å²) < 4.78 is 18.5. The van der Waals surface area contributed by atoms with Crippen LogP contribution >= 0.6 is 0 Å². The second-order valence-corrected chi connectivity index (χ2v) is 5.62. The van der Waals surface area contributed by atoms with Gasteiger partial charge in [-0.05, 0) is 36.8 Å². The number of aryl methyl sites for hydroxylation is 1. The maximum absolute atomic E-state index is 12.9. The number of hydrogen-bond acceptors (Lipinski definition) is 2. The van der Waals surface area contributed by atoms with Crippen LogP contribution in [0.25, 0.3) is 6.08 Å². The fraction of sp³-hybridized carbons (Fsp3) is 0.211. The van der Waals surface area contributed by atoms with Gasteiger partial charge < -0.3 is 10.1 Å². The third kappa shape index (κ3) is 3.77. The van der Waals surface area contributed by atoms with E-state index in [9.17, 15) is 9.18 Å². The summed E-state index contributed by atoms with van der Waals surface area (Å²) in [4.78, 5) is 12.1. The molecule has 1 amide bonds. The highest BCUT2D eigenvalue weighted by molar-refractivity contribution is 5.92. The minimum absolute atomic E-state index is 0.0518. The highest BCUT2D eigenvalue weighted by atomic mass is 19.1. The number of amides is 1. The van der Waals surface area contributed by atoms with Gasteiger partial charge in [0.05, 0.1) is 12.6 Å². The normalized spacial score (nSPS) is 16.7. The molecule has 2 aromatic rings. The van der Waals surface area contributed by atoms with Gasteiger partial charge in [-0.1, -0.05) is 29.8 Å². The van der Waals surface area contributed by atoms with Crippen molar-refractivity contribution in [1.82, 2.24) is 5.32 Å². The maximum Gasteiger partial charge on any atom is 0.244 e. The van der Waals surface area contributed by atoms with Gasteiger partial charge in [0.1, 0.15) is 11.6 Å². The van der Waals surface area contributed by atoms with Crippen LogP contribution < -0.4 is 10.1 Å². The highest BCUT2D eigenvalue weighted by Gasteiger charge is 2.22. The first-order chi connectivity index (χ1) is 11.1. The second-order valence-electron chi connectivity index (χ2n) is 5.62. The van der Waals surface area contributed by atoms with Gasteiger partial charge in [-0.2, -0.15) is 0 Å². The molecule has 0 saturated heterocycles. The van der Waals surface area contributed by atoms with E-state index in [0.717, 1.165) is 28.9 Å². The lowest BCUT2D eigenvalue weighted by Crippen LogP contribution is -2.31. The minimum Gasteiger partial charge on any atom is -0.493 e. The first-order valence-corrected chi connectivity index (χ1v) is 7.59. The number of nitrogens with one attached hydrogen (secondary N) is 1. The third-order valence-electron chi connectivity index (χ3n) is 3.82. The molecule has 2 aromatic carbocycles. The van der Waals surface area contributed by atoms with Crippen LogP contribution in [0.4, 0.5) is 4.39 Å². The number of hydrogen-bond donors (Lipinski definition) is 1. The smallest absolute Gasteiger partial charge is 0.244 e. The van der Waals surface area contributed by atoms with Gasteiger partial charge >= 0.3 is 0 Å². The Bertz CT molecular complexity index is 738. The van der Waals surface area contributed by atoms with E-state index < -0.39 is 0 Å². The molecule has 1 N–H and O–H groups in total. The van der Waals surface area contributed by atoms with Crippen LogP contribution in [-0.2, 0) is 4.79 Å². The van der Waals surface area contributed by atoms with E-state index in [-0.39, 0.29) is 17.8 Å². The van der Waals surface area contributed by atoms with Crippen LogP contribution in [-0.4, -0.2) is 12.5 Å². The van der Waals surface area contributed by atoms with E-state index in [0.29, 0.717) is 6.61 Å². The predicted octanol–water partition coefficient (Wildman–Crippen LogP) is 3.79. The molecule has 1 unspecified atom stereocenters. The summed E-state index contributed by atoms with van der Waals surface area (Å²) in [5.74, 6) is 0.365. The first-order valence-electron chi connectivity index (χ1n) is 7.59. The van der Waals surface area contributed by atoms with E-state index in [1.54, 1.807) is 18.2 Å². The number of fused-ring (bicyclic) bond motifs is 1. The lowest BCUT2D eigenvalue weighted by atomic mass is 9.98. The maximum atomic E-state index is 12.9. The van der Waals surface area contributed by atoms with Crippen molar-refractivity contribution in [2.45, 2.75) is 19.4 Å². The Morgan fingerprint density at radius 1 is 1.26 bits per heavy atom. The summed E-state index contributed by atoms with van der Waals surface area (Å²) in [6.07, 6.45) is 3.88. The Morgan fingerprint density at radius 3 is 2.83 bits per heavy atom. The Labute approximate surface area is 134 Å². The van der Waals surface area contributed by atoms with Gasteiger partial charge in [0.2, 0.25) is 5.91 Å². The standard InChI is InChI=1S/C19H18FNO2/c1-13-2-8-18-16(12-13)17(10-11-23-18)21-19(22)9-5-14-3-6-15(20)7-4-14/h2-9,12,17H,10-11H2,1H3,(H,21,22)/b9-5+. The van der Waals surface area contributed by atoms with Crippen molar-refractivity contribution in [2.75, 3.05) is 6.61 Å². The molecule has 3 rings (SSSR count). The molecule has 1 aliphatic heterocycles. The van der Waals surface area contributed by atoms with Crippen molar-refractivity contribution in [3.8, 4) is 5.75 Å². The summed E-state index contributed by atoms with van der Waals surface area (Å²) in [5, 5.41) is 3.00. The van der Waals surface area contributed by atoms with Crippen LogP contribution in [0, 0.1) is 12.7 Å². The van der Waals surface area contributed by atoms with E-state index in [1.165, 1.54) is 18.2 Å². The molecule has 1 atom stereocenters. The molecule has 0 bridgehead atoms. The van der Waals surface area contributed by atoms with Crippen molar-refractivity contribution < 1.29 is 13.9 Å². The number of rotatable bonds is 3. The molecular formula is C19H18FNO2. The predicted molar refractivity (Wildman–Crippen MR) is 87.6 cm³/mol. The van der Waals surface area contributed by atoms with E-state index >= 15 is 0 Å². The Morgan fingerprint density at radius 2 is 2.04 bits per heavy atom. The fourth-order valence-corrected chi connectivity index (χ4v) is 2.63. The Balaban J connectivity index is 1.69. The van der Waals surface area contributed by atoms with Crippen molar-refractivity contribution in [1.29, 1.82) is 0 Å². The molecule has 0 fully saturated rings. The van der Waals surface area contributed by atoms with Gasteiger partial charge in [-0.25, -0.2) is 4.39 Å². The largest absolute Gasteiger partial charge is 0.493 e. The van der Waals surface area contributed by atoms with E-state index in [1.807, 2.05) is 25.1 Å². The molecule has 118 valence electrons. The molecule has 0 saturated carbocycles. The van der Waals surface area contributed by atoms with E-state index in [2.05, 4.69) is 5.32 Å². The summed E-state index contributed by atoms with van der Waals surface area (Å²) in [7, 11) is 0. The first kappa shape index (κ1) is 15.3. The molecule has 23 heavy (non-hydrogen) atoms. The summed E-state index contributed by atoms with van der Waals surface area (Å²) in [6.45, 7) is 2.60. The highest BCUT2D eigenvalue weighted by Crippen LogP contribution is 2.32. The lowest BCUT2D eigenvalue weighted by molar-refractivity contribution is -0.117. The number of carbonyl (C=O) groups is 1. The second kappa shape index (κ2) is 6.65. The van der Waals surface area contributed by atoms with Crippen molar-refractivity contribution >= 4 is 12.0 Å². The molecule has 1 heterocycles. The zero-order valence-electron chi connectivity index (χ0n) is 12.9. The average molecular weight is 311 g/mol. The van der Waals surface area contributed by atoms with Crippen molar-refractivity contribution in [3.63, 3.8) is 0 Å². The molecule has 0 aliphatic carbocycles. The monoisotopic (exact) mass is 311 g/mol. The van der Waals surface area contributed by atoms with E-state index in [4.69, 9.17) is 4.74 Å². The molecule has 1 aliphatic rings. The van der Waals surface area contributed by atoms with Crippen molar-refractivity contribution in [3.05, 3.63) is 71.0 Å². The van der Waals surface area contributed by atoms with Gasteiger partial charge in [0.25, 0.3) is 0 Å². The molecule has 0 aromatic heterocycles. The Hall–Kier alpha value is -2.62. The van der Waals surface area contributed by atoms with Crippen LogP contribution in [0.3, 0.4) is 0 Å². The van der Waals surface area contributed by atoms with Crippen LogP contribution in [0.15, 0.2) is 48.5 Å². The number of ether oxygens (including phenoxy) is 1. The molecule has 0 radical (unpaired) electrons. The summed E-state index contributed by atoms with van der Waals surface area (Å²) >= 11 is 0. The number of carbonyl (C=O) groups excluding carboxylic acids is 1. The molecule has 4 heteroatoms. The zero-order valence-corrected chi connectivity index (χ0v) is 12.9. The molecule has 0 spiro atoms.